The average Bonchev–Trinajstić information content (AvgIpc) is 3.19. The van der Waals surface area contributed by atoms with Crippen LogP contribution < -0.4 is 14.4 Å². The van der Waals surface area contributed by atoms with Gasteiger partial charge in [-0.1, -0.05) is 36.0 Å². The second-order valence-electron chi connectivity index (χ2n) is 7.06. The number of aliphatic imine (C=N–C) groups is 1. The zero-order valence-electron chi connectivity index (χ0n) is 16.2. The molecule has 4 rings (SSSR count). The summed E-state index contributed by atoms with van der Waals surface area (Å²) in [4.78, 5) is 6.83. The second-order valence-corrected chi connectivity index (χ2v) is 10.3. The van der Waals surface area contributed by atoms with Crippen molar-refractivity contribution in [2.75, 3.05) is 35.9 Å². The van der Waals surface area contributed by atoms with Crippen molar-refractivity contribution >= 4 is 32.5 Å². The summed E-state index contributed by atoms with van der Waals surface area (Å²) in [5, 5.41) is 0.878. The van der Waals surface area contributed by atoms with E-state index >= 15 is 0 Å². The van der Waals surface area contributed by atoms with Gasteiger partial charge in [-0.3, -0.25) is 4.99 Å². The highest BCUT2D eigenvalue weighted by Crippen LogP contribution is 2.36. The molecule has 2 aromatic carbocycles. The van der Waals surface area contributed by atoms with E-state index < -0.39 is 9.84 Å². The monoisotopic (exact) mass is 432 g/mol. The molecule has 0 radical (unpaired) electrons. The highest BCUT2D eigenvalue weighted by atomic mass is 32.2. The Hall–Kier alpha value is -2.19. The van der Waals surface area contributed by atoms with Crippen LogP contribution in [-0.4, -0.2) is 56.6 Å². The Morgan fingerprint density at radius 1 is 1.10 bits per heavy atom. The Morgan fingerprint density at radius 3 is 2.69 bits per heavy atom. The van der Waals surface area contributed by atoms with E-state index in [1.54, 1.807) is 18.9 Å². The molecular weight excluding hydrogens is 408 g/mol. The van der Waals surface area contributed by atoms with Crippen LogP contribution in [0.15, 0.2) is 59.6 Å². The normalized spacial score (nSPS) is 22.2. The lowest BCUT2D eigenvalue weighted by molar-refractivity contribution is 0.319. The minimum Gasteiger partial charge on any atom is -0.497 e. The van der Waals surface area contributed by atoms with Crippen molar-refractivity contribution in [2.24, 2.45) is 4.99 Å². The lowest BCUT2D eigenvalue weighted by Gasteiger charge is -2.26. The highest BCUT2D eigenvalue weighted by molar-refractivity contribution is 8.14. The molecule has 1 saturated heterocycles. The van der Waals surface area contributed by atoms with E-state index in [-0.39, 0.29) is 23.6 Å². The molecular formula is C21H24N2O4S2. The number of sulfone groups is 1. The lowest BCUT2D eigenvalue weighted by atomic mass is 10.1. The smallest absolute Gasteiger partial charge is 0.164 e. The molecule has 1 fully saturated rings. The molecule has 0 spiro atoms. The van der Waals surface area contributed by atoms with Crippen LogP contribution in [0.2, 0.25) is 0 Å². The summed E-state index contributed by atoms with van der Waals surface area (Å²) >= 11 is 1.65. The fraction of sp³-hybridized carbons (Fsp3) is 0.381. The lowest BCUT2D eigenvalue weighted by Crippen LogP contribution is -2.39. The first-order chi connectivity index (χ1) is 14.1. The summed E-state index contributed by atoms with van der Waals surface area (Å²) in [5.74, 6) is 2.72. The van der Waals surface area contributed by atoms with E-state index in [2.05, 4.69) is 4.90 Å². The minimum absolute atomic E-state index is 0.124. The number of hydrogen-bond donors (Lipinski definition) is 0. The second kappa shape index (κ2) is 8.67. The van der Waals surface area contributed by atoms with Gasteiger partial charge in [-0.25, -0.2) is 8.42 Å². The number of amidine groups is 1. The Balaban J connectivity index is 1.42. The van der Waals surface area contributed by atoms with Crippen LogP contribution in [0.1, 0.15) is 6.42 Å². The summed E-state index contributed by atoms with van der Waals surface area (Å²) < 4.78 is 35.4. The zero-order chi connectivity index (χ0) is 20.3. The van der Waals surface area contributed by atoms with Gasteiger partial charge in [-0.2, -0.15) is 0 Å². The molecule has 2 unspecified atom stereocenters. The molecule has 29 heavy (non-hydrogen) atoms. The van der Waals surface area contributed by atoms with Gasteiger partial charge in [-0.05, 0) is 30.7 Å². The fourth-order valence-corrected chi connectivity index (χ4v) is 6.50. The summed E-state index contributed by atoms with van der Waals surface area (Å²) in [6, 6.07) is 17.1. The maximum atomic E-state index is 12.1. The van der Waals surface area contributed by atoms with Crippen LogP contribution in [0.4, 0.5) is 5.69 Å². The van der Waals surface area contributed by atoms with Gasteiger partial charge in [0, 0.05) is 17.5 Å². The van der Waals surface area contributed by atoms with Gasteiger partial charge in [0.2, 0.25) is 0 Å². The van der Waals surface area contributed by atoms with Gasteiger partial charge in [-0.15, -0.1) is 0 Å². The molecule has 2 heterocycles. The number of rotatable bonds is 7. The quantitative estimate of drug-likeness (QED) is 0.626. The summed E-state index contributed by atoms with van der Waals surface area (Å²) in [5.41, 5.74) is 0.917. The highest BCUT2D eigenvalue weighted by Gasteiger charge is 2.47. The molecule has 2 aromatic rings. The van der Waals surface area contributed by atoms with Crippen LogP contribution in [0, 0.1) is 0 Å². The van der Waals surface area contributed by atoms with E-state index in [1.165, 1.54) is 0 Å². The maximum absolute atomic E-state index is 12.1. The van der Waals surface area contributed by atoms with Crippen LogP contribution >= 0.6 is 11.8 Å². The first-order valence-corrected chi connectivity index (χ1v) is 12.4. The van der Waals surface area contributed by atoms with E-state index in [0.29, 0.717) is 6.61 Å². The van der Waals surface area contributed by atoms with Crippen LogP contribution in [0.25, 0.3) is 0 Å². The van der Waals surface area contributed by atoms with Crippen molar-refractivity contribution in [3.05, 3.63) is 54.6 Å². The van der Waals surface area contributed by atoms with Gasteiger partial charge in [0.15, 0.2) is 15.0 Å². The first-order valence-electron chi connectivity index (χ1n) is 9.58. The predicted octanol–water partition coefficient (Wildman–Crippen LogP) is 3.24. The summed E-state index contributed by atoms with van der Waals surface area (Å²) in [6.45, 7) is 0.630. The van der Waals surface area contributed by atoms with Gasteiger partial charge < -0.3 is 14.4 Å². The number of thioether (sulfide) groups is 1. The van der Waals surface area contributed by atoms with Crippen molar-refractivity contribution in [2.45, 2.75) is 18.5 Å². The van der Waals surface area contributed by atoms with Crippen molar-refractivity contribution in [3.63, 3.8) is 0 Å². The van der Waals surface area contributed by atoms with Crippen molar-refractivity contribution in [3.8, 4) is 11.5 Å². The molecule has 0 bridgehead atoms. The SMILES string of the molecule is COc1cccc(N2C(SCCCOc3ccccc3)=NC3CS(=O)(=O)CC32)c1. The van der Waals surface area contributed by atoms with Crippen molar-refractivity contribution in [1.29, 1.82) is 0 Å². The van der Waals surface area contributed by atoms with Gasteiger partial charge in [0.05, 0.1) is 37.3 Å². The summed E-state index contributed by atoms with van der Waals surface area (Å²) in [6.07, 6.45) is 0.873. The third-order valence-corrected chi connectivity index (χ3v) is 7.72. The van der Waals surface area contributed by atoms with Gasteiger partial charge >= 0.3 is 0 Å². The summed E-state index contributed by atoms with van der Waals surface area (Å²) in [7, 11) is -1.43. The molecule has 0 N–H and O–H groups in total. The van der Waals surface area contributed by atoms with E-state index in [1.807, 2.05) is 54.6 Å². The molecule has 0 aliphatic carbocycles. The number of benzene rings is 2. The molecule has 0 amide bonds. The molecule has 0 aromatic heterocycles. The number of anilines is 1. The topological polar surface area (TPSA) is 68.2 Å². The van der Waals surface area contributed by atoms with Crippen molar-refractivity contribution < 1.29 is 17.9 Å². The number of para-hydroxylation sites is 1. The Morgan fingerprint density at radius 2 is 1.90 bits per heavy atom. The number of hydrogen-bond acceptors (Lipinski definition) is 7. The molecule has 2 aliphatic rings. The Kier molecular flexibility index (Phi) is 6.01. The third-order valence-electron chi connectivity index (χ3n) is 4.97. The zero-order valence-corrected chi connectivity index (χ0v) is 17.9. The standard InChI is InChI=1S/C21H24N2O4S2/c1-26-18-10-5-7-16(13-18)23-20-15-29(24,25)14-19(20)22-21(23)28-12-6-11-27-17-8-3-2-4-9-17/h2-5,7-10,13,19-20H,6,11-12,14-15H2,1H3. The fourth-order valence-electron chi connectivity index (χ4n) is 3.62. The molecule has 6 nitrogen and oxygen atoms in total. The van der Waals surface area contributed by atoms with Crippen LogP contribution in [-0.2, 0) is 9.84 Å². The first kappa shape index (κ1) is 20.1. The van der Waals surface area contributed by atoms with E-state index in [0.717, 1.165) is 34.5 Å². The molecule has 0 saturated carbocycles. The number of methoxy groups -OCH3 is 1. The molecule has 2 aliphatic heterocycles. The molecule has 8 heteroatoms. The van der Waals surface area contributed by atoms with E-state index in [4.69, 9.17) is 14.5 Å². The van der Waals surface area contributed by atoms with Gasteiger partial charge in [0.25, 0.3) is 0 Å². The van der Waals surface area contributed by atoms with Gasteiger partial charge in [0.1, 0.15) is 11.5 Å². The molecule has 154 valence electrons. The van der Waals surface area contributed by atoms with Crippen LogP contribution in [0.5, 0.6) is 11.5 Å². The maximum Gasteiger partial charge on any atom is 0.164 e. The predicted molar refractivity (Wildman–Crippen MR) is 118 cm³/mol. The third kappa shape index (κ3) is 4.70. The van der Waals surface area contributed by atoms with Crippen molar-refractivity contribution in [1.82, 2.24) is 0 Å². The average molecular weight is 433 g/mol. The molecule has 2 atom stereocenters. The number of ether oxygens (including phenoxy) is 2. The minimum atomic E-state index is -3.05. The Labute approximate surface area is 175 Å². The largest absolute Gasteiger partial charge is 0.497 e. The van der Waals surface area contributed by atoms with E-state index in [9.17, 15) is 8.42 Å². The Bertz CT molecular complexity index is 979. The number of fused-ring (bicyclic) bond motifs is 1. The number of nitrogens with zero attached hydrogens (tertiary/aromatic N) is 2. The van der Waals surface area contributed by atoms with Crippen LogP contribution in [0.3, 0.4) is 0 Å².